The first kappa shape index (κ1) is 27.4. The molecule has 0 saturated carbocycles. The Labute approximate surface area is 226 Å². The van der Waals surface area contributed by atoms with E-state index in [1.165, 1.54) is 47.9 Å². The van der Waals surface area contributed by atoms with E-state index in [0.717, 1.165) is 42.3 Å². The number of nitrogens with zero attached hydrogens (tertiary/aromatic N) is 2. The Hall–Kier alpha value is -2.65. The molecule has 2 aromatic heterocycles. The van der Waals surface area contributed by atoms with Crippen LogP contribution in [0, 0.1) is 5.92 Å². The Morgan fingerprint density at radius 2 is 1.89 bits per heavy atom. The van der Waals surface area contributed by atoms with Gasteiger partial charge < -0.3 is 11.1 Å². The summed E-state index contributed by atoms with van der Waals surface area (Å²) in [5, 5.41) is 4.24. The van der Waals surface area contributed by atoms with Crippen LogP contribution in [-0.4, -0.2) is 27.1 Å². The number of rotatable bonds is 12. The third-order valence-corrected chi connectivity index (χ3v) is 9.03. The summed E-state index contributed by atoms with van der Waals surface area (Å²) >= 11 is 2.94. The molecule has 7 nitrogen and oxygen atoms in total. The van der Waals surface area contributed by atoms with E-state index in [0.29, 0.717) is 28.9 Å². The zero-order chi connectivity index (χ0) is 26.4. The van der Waals surface area contributed by atoms with Crippen molar-refractivity contribution in [2.75, 3.05) is 11.1 Å². The number of amides is 2. The fourth-order valence-corrected chi connectivity index (χ4v) is 7.06. The van der Waals surface area contributed by atoms with Gasteiger partial charge in [-0.1, -0.05) is 57.7 Å². The van der Waals surface area contributed by atoms with E-state index >= 15 is 0 Å². The standard InChI is InChI=1S/C28H36N4O3S2/c1-3-4-5-6-7-8-15-32-27(35)24-21-14-9-18(2)16-22(21)37-26(24)31-28(32)36-17-23(33)30-20-12-10-19(11-13-20)25(29)34/h10-13,18H,3-9,14-17H2,1-2H3,(H2,29,34)(H,30,33)/t18-/m0/s1. The molecule has 0 unspecified atom stereocenters. The van der Waals surface area contributed by atoms with Crippen molar-refractivity contribution >= 4 is 50.8 Å². The third kappa shape index (κ3) is 6.82. The van der Waals surface area contributed by atoms with Crippen LogP contribution in [0.4, 0.5) is 5.69 Å². The first-order chi connectivity index (χ1) is 17.9. The van der Waals surface area contributed by atoms with E-state index in [9.17, 15) is 14.4 Å². The van der Waals surface area contributed by atoms with E-state index in [2.05, 4.69) is 19.2 Å². The summed E-state index contributed by atoms with van der Waals surface area (Å²) in [7, 11) is 0. The number of benzene rings is 1. The number of hydrogen-bond acceptors (Lipinski definition) is 6. The molecule has 0 spiro atoms. The molecule has 2 amide bonds. The highest BCUT2D eigenvalue weighted by Gasteiger charge is 2.25. The molecule has 0 saturated heterocycles. The first-order valence-electron chi connectivity index (χ1n) is 13.2. The van der Waals surface area contributed by atoms with Gasteiger partial charge in [-0.25, -0.2) is 4.98 Å². The van der Waals surface area contributed by atoms with E-state index in [-0.39, 0.29) is 17.2 Å². The minimum atomic E-state index is -0.511. The lowest BCUT2D eigenvalue weighted by Gasteiger charge is -2.17. The molecule has 0 bridgehead atoms. The van der Waals surface area contributed by atoms with Crippen LogP contribution in [0.5, 0.6) is 0 Å². The smallest absolute Gasteiger partial charge is 0.263 e. The number of carbonyl (C=O) groups is 2. The fraction of sp³-hybridized carbons (Fsp3) is 0.500. The summed E-state index contributed by atoms with van der Waals surface area (Å²) in [5.41, 5.74) is 7.49. The lowest BCUT2D eigenvalue weighted by Crippen LogP contribution is -2.25. The molecule has 1 atom stereocenters. The van der Waals surface area contributed by atoms with Crippen molar-refractivity contribution in [1.82, 2.24) is 9.55 Å². The van der Waals surface area contributed by atoms with Gasteiger partial charge in [-0.05, 0) is 61.4 Å². The van der Waals surface area contributed by atoms with Crippen LogP contribution >= 0.6 is 23.1 Å². The van der Waals surface area contributed by atoms with Crippen molar-refractivity contribution in [1.29, 1.82) is 0 Å². The predicted molar refractivity (Wildman–Crippen MR) is 153 cm³/mol. The number of aromatic nitrogens is 2. The second-order valence-electron chi connectivity index (χ2n) is 9.93. The average molecular weight is 541 g/mol. The van der Waals surface area contributed by atoms with Gasteiger partial charge in [0.15, 0.2) is 5.16 Å². The topological polar surface area (TPSA) is 107 Å². The maximum atomic E-state index is 13.7. The van der Waals surface area contributed by atoms with Crippen LogP contribution in [0.3, 0.4) is 0 Å². The Kier molecular flexibility index (Phi) is 9.43. The van der Waals surface area contributed by atoms with Crippen LogP contribution < -0.4 is 16.6 Å². The largest absolute Gasteiger partial charge is 0.366 e. The number of anilines is 1. The second-order valence-corrected chi connectivity index (χ2v) is 12.0. The lowest BCUT2D eigenvalue weighted by atomic mass is 9.89. The number of nitrogens with two attached hydrogens (primary N) is 1. The van der Waals surface area contributed by atoms with Crippen molar-refractivity contribution in [2.45, 2.75) is 83.3 Å². The van der Waals surface area contributed by atoms with Crippen molar-refractivity contribution in [3.05, 3.63) is 50.6 Å². The lowest BCUT2D eigenvalue weighted by molar-refractivity contribution is -0.113. The number of unbranched alkanes of at least 4 members (excludes halogenated alkanes) is 5. The molecule has 3 N–H and O–H groups in total. The molecule has 4 rings (SSSR count). The predicted octanol–water partition coefficient (Wildman–Crippen LogP) is 5.77. The van der Waals surface area contributed by atoms with Gasteiger partial charge in [0.25, 0.3) is 5.56 Å². The third-order valence-electron chi connectivity index (χ3n) is 6.90. The molecule has 198 valence electrons. The minimum absolute atomic E-state index is 0.0376. The van der Waals surface area contributed by atoms with Crippen LogP contribution in [0.1, 0.15) is 79.6 Å². The molecule has 0 fully saturated rings. The molecule has 37 heavy (non-hydrogen) atoms. The van der Waals surface area contributed by atoms with Gasteiger partial charge in [-0.2, -0.15) is 0 Å². The molecular formula is C28H36N4O3S2. The maximum absolute atomic E-state index is 13.7. The molecule has 0 radical (unpaired) electrons. The van der Waals surface area contributed by atoms with Crippen LogP contribution in [0.25, 0.3) is 10.2 Å². The van der Waals surface area contributed by atoms with Crippen molar-refractivity contribution in [2.24, 2.45) is 11.7 Å². The molecule has 2 heterocycles. The number of nitrogens with one attached hydrogen (secondary N) is 1. The minimum Gasteiger partial charge on any atom is -0.366 e. The number of aryl methyl sites for hydroxylation is 1. The van der Waals surface area contributed by atoms with E-state index in [4.69, 9.17) is 10.7 Å². The molecular weight excluding hydrogens is 504 g/mol. The average Bonchev–Trinajstić information content (AvgIpc) is 3.23. The van der Waals surface area contributed by atoms with Gasteiger partial charge in [-0.3, -0.25) is 19.0 Å². The van der Waals surface area contributed by atoms with E-state index in [1.807, 2.05) is 0 Å². The van der Waals surface area contributed by atoms with Crippen molar-refractivity contribution < 1.29 is 9.59 Å². The molecule has 9 heteroatoms. The van der Waals surface area contributed by atoms with Crippen LogP contribution in [-0.2, 0) is 24.2 Å². The summed E-state index contributed by atoms with van der Waals surface area (Å²) in [6.45, 7) is 5.09. The molecule has 0 aliphatic heterocycles. The summed E-state index contributed by atoms with van der Waals surface area (Å²) in [6.07, 6.45) is 9.90. The summed E-state index contributed by atoms with van der Waals surface area (Å²) < 4.78 is 1.80. The zero-order valence-corrected chi connectivity index (χ0v) is 23.3. The molecule has 3 aromatic rings. The molecule has 1 aliphatic carbocycles. The zero-order valence-electron chi connectivity index (χ0n) is 21.7. The molecule has 1 aliphatic rings. The SMILES string of the molecule is CCCCCCCCn1c(SCC(=O)Nc2ccc(C(N)=O)cc2)nc2sc3c(c2c1=O)CC[C@H](C)C3. The van der Waals surface area contributed by atoms with Gasteiger partial charge in [-0.15, -0.1) is 11.3 Å². The van der Waals surface area contributed by atoms with Gasteiger partial charge in [0.2, 0.25) is 11.8 Å². The normalized spacial score (nSPS) is 15.0. The highest BCUT2D eigenvalue weighted by Crippen LogP contribution is 2.36. The summed E-state index contributed by atoms with van der Waals surface area (Å²) in [6, 6.07) is 6.47. The monoisotopic (exact) mass is 540 g/mol. The number of thiophene rings is 1. The summed E-state index contributed by atoms with van der Waals surface area (Å²) in [4.78, 5) is 44.7. The van der Waals surface area contributed by atoms with Gasteiger partial charge >= 0.3 is 0 Å². The number of carbonyl (C=O) groups excluding carboxylic acids is 2. The second kappa shape index (κ2) is 12.7. The number of primary amides is 1. The van der Waals surface area contributed by atoms with Crippen molar-refractivity contribution in [3.8, 4) is 0 Å². The quantitative estimate of drug-likeness (QED) is 0.172. The van der Waals surface area contributed by atoms with Gasteiger partial charge in [0.1, 0.15) is 4.83 Å². The fourth-order valence-electron chi connectivity index (χ4n) is 4.81. The summed E-state index contributed by atoms with van der Waals surface area (Å²) in [5.74, 6) is 0.0498. The first-order valence-corrected chi connectivity index (χ1v) is 15.0. The van der Waals surface area contributed by atoms with Gasteiger partial charge in [0, 0.05) is 22.7 Å². The van der Waals surface area contributed by atoms with Crippen LogP contribution in [0.2, 0.25) is 0 Å². The van der Waals surface area contributed by atoms with Crippen molar-refractivity contribution in [3.63, 3.8) is 0 Å². The van der Waals surface area contributed by atoms with E-state index < -0.39 is 5.91 Å². The number of thioether (sulfide) groups is 1. The van der Waals surface area contributed by atoms with Gasteiger partial charge in [0.05, 0.1) is 11.1 Å². The highest BCUT2D eigenvalue weighted by atomic mass is 32.2. The Bertz CT molecular complexity index is 1310. The maximum Gasteiger partial charge on any atom is 0.263 e. The number of hydrogen-bond donors (Lipinski definition) is 2. The Balaban J connectivity index is 1.52. The number of fused-ring (bicyclic) bond motifs is 3. The van der Waals surface area contributed by atoms with Crippen LogP contribution in [0.15, 0.2) is 34.2 Å². The Morgan fingerprint density at radius 3 is 2.62 bits per heavy atom. The molecule has 1 aromatic carbocycles. The highest BCUT2D eigenvalue weighted by molar-refractivity contribution is 7.99. The Morgan fingerprint density at radius 1 is 1.16 bits per heavy atom. The van der Waals surface area contributed by atoms with E-state index in [1.54, 1.807) is 40.2 Å².